The molecule has 54 heavy (non-hydrogen) atoms. The highest BCUT2D eigenvalue weighted by Gasteiger charge is 2.49. The molecule has 5 rings (SSSR count). The number of halogens is 3. The predicted molar refractivity (Wildman–Crippen MR) is 206 cm³/mol. The van der Waals surface area contributed by atoms with E-state index in [1.807, 2.05) is 26.0 Å². The molecule has 9 nitrogen and oxygen atoms in total. The first-order chi connectivity index (χ1) is 24.7. The fraction of sp³-hybridized carbons (Fsp3) is 0.400. The average molecular weight is 777 g/mol. The van der Waals surface area contributed by atoms with Gasteiger partial charge in [-0.15, -0.1) is 0 Å². The van der Waals surface area contributed by atoms with Crippen molar-refractivity contribution in [2.24, 2.45) is 0 Å². The number of alkyl halides is 3. The molecule has 0 fully saturated rings. The molecule has 0 amide bonds. The van der Waals surface area contributed by atoms with Crippen molar-refractivity contribution in [1.82, 2.24) is 0 Å². The summed E-state index contributed by atoms with van der Waals surface area (Å²) in [6, 6.07) is 20.5. The number of hydrogen-bond donors (Lipinski definition) is 2. The summed E-state index contributed by atoms with van der Waals surface area (Å²) in [4.78, 5) is 22.8. The molecular formula is C40H52BF3O9S. The number of ether oxygens (including phenoxy) is 2. The SMILES string of the molecule is C.COC(=O)C1=C(OS(=O)(=O)C(F)(F)F)CCC1.COC(=O)C1=C(c2cc(C)ccc2C)CCC1.Cc1ccc(C)c(B(O)O)c1.Cc1ccc(C)cc1. The van der Waals surface area contributed by atoms with E-state index < -0.39 is 34.5 Å². The maximum absolute atomic E-state index is 12.0. The molecule has 0 bridgehead atoms. The summed E-state index contributed by atoms with van der Waals surface area (Å²) in [5.74, 6) is -1.54. The van der Waals surface area contributed by atoms with Gasteiger partial charge in [-0.3, -0.25) is 0 Å². The zero-order chi connectivity index (χ0) is 40.1. The number of carbonyl (C=O) groups is 2. The second-order valence-corrected chi connectivity index (χ2v) is 14.3. The van der Waals surface area contributed by atoms with E-state index in [-0.39, 0.29) is 31.8 Å². The van der Waals surface area contributed by atoms with Gasteiger partial charge in [0.25, 0.3) is 0 Å². The van der Waals surface area contributed by atoms with Gasteiger partial charge in [0.2, 0.25) is 0 Å². The van der Waals surface area contributed by atoms with Gasteiger partial charge in [-0.05, 0) is 95.8 Å². The van der Waals surface area contributed by atoms with Gasteiger partial charge in [0.05, 0.1) is 19.8 Å². The van der Waals surface area contributed by atoms with Crippen LogP contribution in [0.15, 0.2) is 77.6 Å². The van der Waals surface area contributed by atoms with E-state index in [1.54, 1.807) is 6.07 Å². The summed E-state index contributed by atoms with van der Waals surface area (Å²) in [6.07, 6.45) is 3.31. The lowest BCUT2D eigenvalue weighted by Crippen LogP contribution is -2.32. The molecule has 0 heterocycles. The first-order valence-corrected chi connectivity index (χ1v) is 18.3. The van der Waals surface area contributed by atoms with Crippen LogP contribution in [0, 0.1) is 41.5 Å². The summed E-state index contributed by atoms with van der Waals surface area (Å²) in [5, 5.41) is 17.8. The van der Waals surface area contributed by atoms with Crippen molar-refractivity contribution in [1.29, 1.82) is 0 Å². The van der Waals surface area contributed by atoms with Gasteiger partial charge in [0, 0.05) is 12.0 Å². The Labute approximate surface area is 318 Å². The Bertz CT molecular complexity index is 1880. The Balaban J connectivity index is 0.000000371. The Hall–Kier alpha value is -4.40. The second-order valence-electron chi connectivity index (χ2n) is 12.7. The molecule has 14 heteroatoms. The molecule has 0 saturated heterocycles. The summed E-state index contributed by atoms with van der Waals surface area (Å²) in [6.45, 7) is 12.1. The van der Waals surface area contributed by atoms with Gasteiger partial charge >= 0.3 is 34.7 Å². The molecule has 3 aromatic rings. The van der Waals surface area contributed by atoms with E-state index in [0.717, 1.165) is 43.1 Å². The molecule has 0 saturated carbocycles. The highest BCUT2D eigenvalue weighted by molar-refractivity contribution is 7.87. The topological polar surface area (TPSA) is 136 Å². The van der Waals surface area contributed by atoms with Gasteiger partial charge in [0.15, 0.2) is 0 Å². The van der Waals surface area contributed by atoms with Crippen LogP contribution in [0.1, 0.15) is 84.9 Å². The third-order valence-electron chi connectivity index (χ3n) is 8.39. The van der Waals surface area contributed by atoms with Crippen molar-refractivity contribution in [3.8, 4) is 0 Å². The van der Waals surface area contributed by atoms with E-state index in [9.17, 15) is 31.2 Å². The van der Waals surface area contributed by atoms with Crippen LogP contribution in [-0.2, 0) is 33.4 Å². The molecule has 0 radical (unpaired) electrons. The number of hydrogen-bond acceptors (Lipinski definition) is 9. The summed E-state index contributed by atoms with van der Waals surface area (Å²) >= 11 is 0. The van der Waals surface area contributed by atoms with E-state index in [2.05, 4.69) is 79.1 Å². The summed E-state index contributed by atoms with van der Waals surface area (Å²) < 4.78 is 70.7. The lowest BCUT2D eigenvalue weighted by molar-refractivity contribution is -0.137. The van der Waals surface area contributed by atoms with Crippen molar-refractivity contribution in [2.75, 3.05) is 14.2 Å². The van der Waals surface area contributed by atoms with Crippen LogP contribution in [0.4, 0.5) is 13.2 Å². The maximum atomic E-state index is 12.0. The van der Waals surface area contributed by atoms with E-state index in [1.165, 1.54) is 40.5 Å². The van der Waals surface area contributed by atoms with E-state index in [4.69, 9.17) is 14.8 Å². The predicted octanol–water partition coefficient (Wildman–Crippen LogP) is 7.80. The third kappa shape index (κ3) is 14.1. The molecular weight excluding hydrogens is 724 g/mol. The first kappa shape index (κ1) is 47.6. The minimum absolute atomic E-state index is 0. The minimum atomic E-state index is -5.72. The molecule has 2 aliphatic carbocycles. The summed E-state index contributed by atoms with van der Waals surface area (Å²) in [7, 11) is -4.58. The molecule has 2 aliphatic rings. The van der Waals surface area contributed by atoms with Gasteiger partial charge in [-0.2, -0.15) is 21.6 Å². The average Bonchev–Trinajstić information content (AvgIpc) is 3.78. The molecule has 3 aromatic carbocycles. The maximum Gasteiger partial charge on any atom is 0.534 e. The number of carbonyl (C=O) groups excluding carboxylic acids is 2. The van der Waals surface area contributed by atoms with E-state index >= 15 is 0 Å². The van der Waals surface area contributed by atoms with Crippen LogP contribution >= 0.6 is 0 Å². The van der Waals surface area contributed by atoms with Crippen molar-refractivity contribution in [3.05, 3.63) is 117 Å². The molecule has 2 N–H and O–H groups in total. The van der Waals surface area contributed by atoms with Crippen LogP contribution in [0.25, 0.3) is 5.57 Å². The van der Waals surface area contributed by atoms with Gasteiger partial charge in [-0.25, -0.2) is 9.59 Å². The number of allylic oxidation sites excluding steroid dienone is 2. The van der Waals surface area contributed by atoms with Gasteiger partial charge in [0.1, 0.15) is 5.76 Å². The number of esters is 2. The number of rotatable bonds is 6. The third-order valence-corrected chi connectivity index (χ3v) is 9.38. The molecule has 0 atom stereocenters. The zero-order valence-corrected chi connectivity index (χ0v) is 32.2. The van der Waals surface area contributed by atoms with Crippen LogP contribution in [-0.4, -0.2) is 57.3 Å². The lowest BCUT2D eigenvalue weighted by atomic mass is 9.77. The standard InChI is InChI=1S/C15H18O2.C8H11BO2.C8H9F3O5S.C8H10.CH4/c1-10-7-8-11(2)14(9-10)12-5-4-6-13(12)15(16)17-3;1-6-3-4-7(2)8(5-6)9(10)11;1-15-7(12)5-3-2-4-6(5)16-17(13,14)8(9,10)11;1-7-3-5-8(2)6-4-7;/h7-9H,4-6H2,1-3H3;3-5,10-11H,1-2H3;2-4H2,1H3;3-6H,1-2H3;1H4. The second kappa shape index (κ2) is 21.5. The first-order valence-electron chi connectivity index (χ1n) is 16.9. The number of aryl methyl sites for hydroxylation is 6. The van der Waals surface area contributed by atoms with E-state index in [0.29, 0.717) is 11.9 Å². The normalized spacial score (nSPS) is 13.6. The largest absolute Gasteiger partial charge is 0.534 e. The Morgan fingerprint density at radius 3 is 1.59 bits per heavy atom. The van der Waals surface area contributed by atoms with Crippen LogP contribution in [0.5, 0.6) is 0 Å². The fourth-order valence-electron chi connectivity index (χ4n) is 5.45. The van der Waals surface area contributed by atoms with Gasteiger partial charge < -0.3 is 23.7 Å². The number of methoxy groups -OCH3 is 2. The number of benzene rings is 3. The van der Waals surface area contributed by atoms with Crippen LogP contribution in [0.3, 0.4) is 0 Å². The van der Waals surface area contributed by atoms with Crippen molar-refractivity contribution < 1.29 is 54.9 Å². The minimum Gasteiger partial charge on any atom is -0.466 e. The molecule has 296 valence electrons. The molecule has 0 spiro atoms. The van der Waals surface area contributed by atoms with Crippen LogP contribution < -0.4 is 5.46 Å². The van der Waals surface area contributed by atoms with Gasteiger partial charge in [-0.1, -0.05) is 95.9 Å². The van der Waals surface area contributed by atoms with Crippen molar-refractivity contribution in [3.63, 3.8) is 0 Å². The highest BCUT2D eigenvalue weighted by atomic mass is 32.2. The highest BCUT2D eigenvalue weighted by Crippen LogP contribution is 2.36. The van der Waals surface area contributed by atoms with Crippen LogP contribution in [0.2, 0.25) is 0 Å². The lowest BCUT2D eigenvalue weighted by Gasteiger charge is -2.11. The van der Waals surface area contributed by atoms with Crippen molar-refractivity contribution in [2.45, 2.75) is 93.0 Å². The Morgan fingerprint density at radius 2 is 1.11 bits per heavy atom. The molecule has 0 aromatic heterocycles. The zero-order valence-electron chi connectivity index (χ0n) is 31.4. The smallest absolute Gasteiger partial charge is 0.466 e. The fourth-order valence-corrected chi connectivity index (χ4v) is 6.00. The molecule has 0 aliphatic heterocycles. The molecule has 0 unspecified atom stereocenters. The Kier molecular flexibility index (Phi) is 18.9. The van der Waals surface area contributed by atoms with Crippen molar-refractivity contribution >= 4 is 40.2 Å². The summed E-state index contributed by atoms with van der Waals surface area (Å²) in [5.41, 5.74) is 5.23. The Morgan fingerprint density at radius 1 is 0.667 bits per heavy atom. The monoisotopic (exact) mass is 776 g/mol. The quantitative estimate of drug-likeness (QED) is 0.111.